The molecule has 1 fully saturated rings. The number of hydrogen-bond donors (Lipinski definition) is 2. The van der Waals surface area contributed by atoms with E-state index in [-0.39, 0.29) is 11.9 Å². The van der Waals surface area contributed by atoms with E-state index in [1.54, 1.807) is 6.20 Å². The third kappa shape index (κ3) is 3.22. The Labute approximate surface area is 143 Å². The summed E-state index contributed by atoms with van der Waals surface area (Å²) in [6.45, 7) is 4.61. The molecule has 0 bridgehead atoms. The molecule has 5 heteroatoms. The van der Waals surface area contributed by atoms with Crippen molar-refractivity contribution in [2.75, 3.05) is 6.54 Å². The fourth-order valence-corrected chi connectivity index (χ4v) is 3.76. The Bertz CT molecular complexity index is 708. The summed E-state index contributed by atoms with van der Waals surface area (Å²) < 4.78 is 2.02. The SMILES string of the molecule is Cc1cc(C(=O)NC2CCCCC2CN)c(C)n1-c1ccccn1. The van der Waals surface area contributed by atoms with Crippen LogP contribution in [0.15, 0.2) is 30.5 Å². The van der Waals surface area contributed by atoms with Gasteiger partial charge in [0.05, 0.1) is 5.56 Å². The van der Waals surface area contributed by atoms with E-state index >= 15 is 0 Å². The van der Waals surface area contributed by atoms with Gasteiger partial charge in [0, 0.05) is 23.6 Å². The molecule has 1 aliphatic rings. The van der Waals surface area contributed by atoms with Gasteiger partial charge in [-0.3, -0.25) is 4.79 Å². The molecule has 1 amide bonds. The maximum atomic E-state index is 12.8. The molecule has 2 heterocycles. The van der Waals surface area contributed by atoms with Gasteiger partial charge in [0.1, 0.15) is 5.82 Å². The molecule has 0 radical (unpaired) electrons. The molecule has 2 aromatic rings. The van der Waals surface area contributed by atoms with Crippen molar-refractivity contribution in [3.8, 4) is 5.82 Å². The molecule has 1 saturated carbocycles. The maximum absolute atomic E-state index is 12.8. The number of pyridine rings is 1. The van der Waals surface area contributed by atoms with Crippen LogP contribution in [0.1, 0.15) is 47.4 Å². The first kappa shape index (κ1) is 16.7. The highest BCUT2D eigenvalue weighted by Crippen LogP contribution is 2.25. The Morgan fingerprint density at radius 1 is 1.33 bits per heavy atom. The molecule has 1 aliphatic carbocycles. The van der Waals surface area contributed by atoms with Crippen LogP contribution >= 0.6 is 0 Å². The van der Waals surface area contributed by atoms with Crippen LogP contribution in [-0.2, 0) is 0 Å². The van der Waals surface area contributed by atoms with Gasteiger partial charge in [-0.05, 0) is 57.4 Å². The molecule has 3 rings (SSSR count). The fraction of sp³-hybridized carbons (Fsp3) is 0.474. The molecule has 0 aromatic carbocycles. The van der Waals surface area contributed by atoms with Crippen LogP contribution in [0.3, 0.4) is 0 Å². The Balaban J connectivity index is 1.83. The van der Waals surface area contributed by atoms with Gasteiger partial charge in [0.15, 0.2) is 0 Å². The average Bonchev–Trinajstić information content (AvgIpc) is 2.90. The number of aromatic nitrogens is 2. The second kappa shape index (κ2) is 7.18. The van der Waals surface area contributed by atoms with Crippen molar-refractivity contribution in [3.05, 3.63) is 47.4 Å². The number of nitrogens with one attached hydrogen (secondary N) is 1. The summed E-state index contributed by atoms with van der Waals surface area (Å²) in [7, 11) is 0. The number of rotatable bonds is 4. The average molecular weight is 326 g/mol. The molecule has 0 spiro atoms. The lowest BCUT2D eigenvalue weighted by atomic mass is 9.84. The summed E-state index contributed by atoms with van der Waals surface area (Å²) >= 11 is 0. The molecule has 0 aliphatic heterocycles. The van der Waals surface area contributed by atoms with Crippen LogP contribution < -0.4 is 11.1 Å². The Morgan fingerprint density at radius 2 is 2.12 bits per heavy atom. The second-order valence-electron chi connectivity index (χ2n) is 6.67. The molecule has 3 N–H and O–H groups in total. The first-order chi connectivity index (χ1) is 11.6. The number of nitrogens with zero attached hydrogens (tertiary/aromatic N) is 2. The minimum Gasteiger partial charge on any atom is -0.349 e. The summed E-state index contributed by atoms with van der Waals surface area (Å²) in [5.74, 6) is 1.22. The highest BCUT2D eigenvalue weighted by atomic mass is 16.1. The summed E-state index contributed by atoms with van der Waals surface area (Å²) in [5.41, 5.74) is 8.53. The maximum Gasteiger partial charge on any atom is 0.253 e. The largest absolute Gasteiger partial charge is 0.349 e. The van der Waals surface area contributed by atoms with Gasteiger partial charge in [-0.2, -0.15) is 0 Å². The van der Waals surface area contributed by atoms with E-state index < -0.39 is 0 Å². The minimum absolute atomic E-state index is 0.00405. The van der Waals surface area contributed by atoms with Crippen molar-refractivity contribution in [2.45, 2.75) is 45.6 Å². The molecule has 24 heavy (non-hydrogen) atoms. The van der Waals surface area contributed by atoms with Gasteiger partial charge in [-0.15, -0.1) is 0 Å². The molecular weight excluding hydrogens is 300 g/mol. The van der Waals surface area contributed by atoms with Crippen molar-refractivity contribution in [3.63, 3.8) is 0 Å². The lowest BCUT2D eigenvalue weighted by molar-refractivity contribution is 0.0907. The van der Waals surface area contributed by atoms with Crippen LogP contribution in [0.25, 0.3) is 5.82 Å². The van der Waals surface area contributed by atoms with Crippen molar-refractivity contribution in [1.29, 1.82) is 0 Å². The lowest BCUT2D eigenvalue weighted by Gasteiger charge is -2.31. The Kier molecular flexibility index (Phi) is 5.00. The first-order valence-electron chi connectivity index (χ1n) is 8.73. The number of amides is 1. The summed E-state index contributed by atoms with van der Waals surface area (Å²) in [6, 6.07) is 7.93. The molecule has 2 atom stereocenters. The quantitative estimate of drug-likeness (QED) is 0.907. The first-order valence-corrected chi connectivity index (χ1v) is 8.73. The molecule has 0 saturated heterocycles. The van der Waals surface area contributed by atoms with Gasteiger partial charge >= 0.3 is 0 Å². The van der Waals surface area contributed by atoms with E-state index in [1.165, 1.54) is 6.42 Å². The zero-order valence-corrected chi connectivity index (χ0v) is 14.5. The standard InChI is InChI=1S/C19H26N4O/c1-13-11-16(14(2)23(13)18-9-5-6-10-21-18)19(24)22-17-8-4-3-7-15(17)12-20/h5-6,9-11,15,17H,3-4,7-8,12,20H2,1-2H3,(H,22,24). The molecular formula is C19H26N4O. The number of carbonyl (C=O) groups is 1. The van der Waals surface area contributed by atoms with Gasteiger partial charge in [-0.25, -0.2) is 4.98 Å². The third-order valence-electron chi connectivity index (χ3n) is 5.08. The van der Waals surface area contributed by atoms with Crippen molar-refractivity contribution >= 4 is 5.91 Å². The van der Waals surface area contributed by atoms with Crippen molar-refractivity contribution in [1.82, 2.24) is 14.9 Å². The van der Waals surface area contributed by atoms with E-state index in [9.17, 15) is 4.79 Å². The summed E-state index contributed by atoms with van der Waals surface area (Å²) in [4.78, 5) is 17.2. The molecule has 5 nitrogen and oxygen atoms in total. The van der Waals surface area contributed by atoms with Crippen LogP contribution in [0.5, 0.6) is 0 Å². The monoisotopic (exact) mass is 326 g/mol. The van der Waals surface area contributed by atoms with Gasteiger partial charge in [-0.1, -0.05) is 18.9 Å². The summed E-state index contributed by atoms with van der Waals surface area (Å²) in [5, 5.41) is 3.22. The minimum atomic E-state index is -0.00405. The second-order valence-corrected chi connectivity index (χ2v) is 6.67. The molecule has 128 valence electrons. The van der Waals surface area contributed by atoms with E-state index in [0.29, 0.717) is 12.5 Å². The zero-order valence-electron chi connectivity index (χ0n) is 14.5. The van der Waals surface area contributed by atoms with E-state index in [2.05, 4.69) is 10.3 Å². The smallest absolute Gasteiger partial charge is 0.253 e. The van der Waals surface area contributed by atoms with Gasteiger partial charge in [0.2, 0.25) is 0 Å². The number of carbonyl (C=O) groups excluding carboxylic acids is 1. The third-order valence-corrected chi connectivity index (χ3v) is 5.08. The number of aryl methyl sites for hydroxylation is 1. The number of hydrogen-bond acceptors (Lipinski definition) is 3. The van der Waals surface area contributed by atoms with E-state index in [1.807, 2.05) is 42.7 Å². The van der Waals surface area contributed by atoms with Crippen molar-refractivity contribution in [2.24, 2.45) is 11.7 Å². The van der Waals surface area contributed by atoms with Crippen LogP contribution in [0.4, 0.5) is 0 Å². The van der Waals surface area contributed by atoms with E-state index in [0.717, 1.165) is 42.0 Å². The predicted molar refractivity (Wildman–Crippen MR) is 95.3 cm³/mol. The Morgan fingerprint density at radius 3 is 2.83 bits per heavy atom. The van der Waals surface area contributed by atoms with Crippen LogP contribution in [0.2, 0.25) is 0 Å². The highest BCUT2D eigenvalue weighted by Gasteiger charge is 2.27. The van der Waals surface area contributed by atoms with Crippen molar-refractivity contribution < 1.29 is 4.79 Å². The lowest BCUT2D eigenvalue weighted by Crippen LogP contribution is -2.44. The Hall–Kier alpha value is -2.14. The zero-order chi connectivity index (χ0) is 17.1. The van der Waals surface area contributed by atoms with Crippen LogP contribution in [0, 0.1) is 19.8 Å². The van der Waals surface area contributed by atoms with Gasteiger partial charge in [0.25, 0.3) is 5.91 Å². The normalized spacial score (nSPS) is 20.8. The number of nitrogens with two attached hydrogens (primary N) is 1. The predicted octanol–water partition coefficient (Wildman–Crippen LogP) is 2.74. The summed E-state index contributed by atoms with van der Waals surface area (Å²) in [6.07, 6.45) is 6.26. The molecule has 2 aromatic heterocycles. The molecule has 2 unspecified atom stereocenters. The van der Waals surface area contributed by atoms with Crippen LogP contribution in [-0.4, -0.2) is 28.0 Å². The highest BCUT2D eigenvalue weighted by molar-refractivity contribution is 5.96. The van der Waals surface area contributed by atoms with Gasteiger partial charge < -0.3 is 15.6 Å². The fourth-order valence-electron chi connectivity index (χ4n) is 3.76. The van der Waals surface area contributed by atoms with E-state index in [4.69, 9.17) is 5.73 Å². The topological polar surface area (TPSA) is 72.9 Å².